The second-order valence-corrected chi connectivity index (χ2v) is 2.63. The zero-order chi connectivity index (χ0) is 6.69. The standard InChI is InChI=1S/C5H10N2OS/c1-8-2-5-3-9-4-7(5)6/h3H,2,4,6H2,1H3. The van der Waals surface area contributed by atoms with Crippen molar-refractivity contribution in [2.75, 3.05) is 19.6 Å². The molecule has 1 heterocycles. The van der Waals surface area contributed by atoms with Gasteiger partial charge in [-0.3, -0.25) is 0 Å². The van der Waals surface area contributed by atoms with Crippen LogP contribution in [0.15, 0.2) is 11.1 Å². The molecule has 0 aromatic carbocycles. The minimum atomic E-state index is 0.615. The molecule has 2 N–H and O–H groups in total. The Labute approximate surface area is 58.8 Å². The number of hydrogen-bond donors (Lipinski definition) is 1. The van der Waals surface area contributed by atoms with Crippen LogP contribution in [0.1, 0.15) is 0 Å². The van der Waals surface area contributed by atoms with Crippen molar-refractivity contribution in [3.63, 3.8) is 0 Å². The Morgan fingerprint density at radius 3 is 3.22 bits per heavy atom. The van der Waals surface area contributed by atoms with Gasteiger partial charge in [-0.25, -0.2) is 5.84 Å². The fraction of sp³-hybridized carbons (Fsp3) is 0.600. The highest BCUT2D eigenvalue weighted by Crippen LogP contribution is 2.18. The third-order valence-corrected chi connectivity index (χ3v) is 1.96. The predicted molar refractivity (Wildman–Crippen MR) is 38.4 cm³/mol. The van der Waals surface area contributed by atoms with Crippen LogP contribution in [0.3, 0.4) is 0 Å². The van der Waals surface area contributed by atoms with Crippen LogP contribution < -0.4 is 5.84 Å². The molecule has 0 unspecified atom stereocenters. The number of methoxy groups -OCH3 is 1. The van der Waals surface area contributed by atoms with Gasteiger partial charge in [0.05, 0.1) is 18.2 Å². The monoisotopic (exact) mass is 146 g/mol. The fourth-order valence-electron chi connectivity index (χ4n) is 0.629. The highest BCUT2D eigenvalue weighted by molar-refractivity contribution is 8.02. The van der Waals surface area contributed by atoms with E-state index >= 15 is 0 Å². The van der Waals surface area contributed by atoms with Crippen LogP contribution in [-0.2, 0) is 4.74 Å². The van der Waals surface area contributed by atoms with E-state index < -0.39 is 0 Å². The first-order valence-corrected chi connectivity index (χ1v) is 3.71. The van der Waals surface area contributed by atoms with Gasteiger partial charge in [0.25, 0.3) is 0 Å². The summed E-state index contributed by atoms with van der Waals surface area (Å²) < 4.78 is 4.89. The second kappa shape index (κ2) is 3.10. The van der Waals surface area contributed by atoms with Crippen molar-refractivity contribution < 1.29 is 4.74 Å². The maximum absolute atomic E-state index is 5.53. The van der Waals surface area contributed by atoms with Crippen LogP contribution in [0, 0.1) is 0 Å². The number of nitrogens with zero attached hydrogens (tertiary/aromatic N) is 1. The molecule has 4 heteroatoms. The molecule has 0 atom stereocenters. The van der Waals surface area contributed by atoms with Crippen molar-refractivity contribution in [3.8, 4) is 0 Å². The maximum atomic E-state index is 5.53. The summed E-state index contributed by atoms with van der Waals surface area (Å²) in [6, 6.07) is 0. The van der Waals surface area contributed by atoms with Crippen molar-refractivity contribution in [1.29, 1.82) is 0 Å². The summed E-state index contributed by atoms with van der Waals surface area (Å²) in [7, 11) is 1.66. The van der Waals surface area contributed by atoms with Crippen molar-refractivity contribution in [2.45, 2.75) is 0 Å². The normalized spacial score (nSPS) is 18.4. The molecule has 0 fully saturated rings. The van der Waals surface area contributed by atoms with Crippen molar-refractivity contribution in [3.05, 3.63) is 11.1 Å². The number of thioether (sulfide) groups is 1. The molecular weight excluding hydrogens is 136 g/mol. The van der Waals surface area contributed by atoms with E-state index in [1.807, 2.05) is 5.41 Å². The number of nitrogens with two attached hydrogens (primary N) is 1. The Balaban J connectivity index is 2.38. The van der Waals surface area contributed by atoms with E-state index in [1.165, 1.54) is 0 Å². The molecule has 0 saturated carbocycles. The van der Waals surface area contributed by atoms with Gasteiger partial charge in [-0.2, -0.15) is 0 Å². The van der Waals surface area contributed by atoms with Crippen LogP contribution in [0.4, 0.5) is 0 Å². The first kappa shape index (κ1) is 6.92. The lowest BCUT2D eigenvalue weighted by Gasteiger charge is -2.12. The molecule has 0 aliphatic carbocycles. The molecule has 0 saturated heterocycles. The quantitative estimate of drug-likeness (QED) is 0.571. The first-order valence-electron chi connectivity index (χ1n) is 2.66. The van der Waals surface area contributed by atoms with Gasteiger partial charge in [-0.15, -0.1) is 11.8 Å². The molecule has 1 rings (SSSR count). The van der Waals surface area contributed by atoms with Crippen LogP contribution in [0.5, 0.6) is 0 Å². The molecule has 0 radical (unpaired) electrons. The topological polar surface area (TPSA) is 38.5 Å². The van der Waals surface area contributed by atoms with Gasteiger partial charge < -0.3 is 9.75 Å². The summed E-state index contributed by atoms with van der Waals surface area (Å²) in [5, 5.41) is 3.71. The van der Waals surface area contributed by atoms with E-state index in [0.29, 0.717) is 6.61 Å². The van der Waals surface area contributed by atoms with E-state index in [0.717, 1.165) is 11.6 Å². The van der Waals surface area contributed by atoms with Crippen LogP contribution in [0.2, 0.25) is 0 Å². The Bertz CT molecular complexity index is 126. The molecule has 1 aliphatic rings. The number of hydrogen-bond acceptors (Lipinski definition) is 4. The molecular formula is C5H10N2OS. The summed E-state index contributed by atoms with van der Waals surface area (Å²) in [6.45, 7) is 0.615. The Morgan fingerprint density at radius 2 is 2.78 bits per heavy atom. The van der Waals surface area contributed by atoms with Gasteiger partial charge >= 0.3 is 0 Å². The molecule has 0 bridgehead atoms. The molecule has 52 valence electrons. The average molecular weight is 146 g/mol. The van der Waals surface area contributed by atoms with Gasteiger partial charge in [-0.1, -0.05) is 0 Å². The van der Waals surface area contributed by atoms with Crippen LogP contribution in [-0.4, -0.2) is 24.6 Å². The molecule has 3 nitrogen and oxygen atoms in total. The van der Waals surface area contributed by atoms with Gasteiger partial charge in [0.2, 0.25) is 0 Å². The van der Waals surface area contributed by atoms with Crippen molar-refractivity contribution in [1.82, 2.24) is 5.01 Å². The highest BCUT2D eigenvalue weighted by Gasteiger charge is 2.09. The number of ether oxygens (including phenoxy) is 1. The lowest BCUT2D eigenvalue weighted by molar-refractivity contribution is 0.198. The van der Waals surface area contributed by atoms with E-state index in [1.54, 1.807) is 23.9 Å². The largest absolute Gasteiger partial charge is 0.378 e. The average Bonchev–Trinajstić information content (AvgIpc) is 2.18. The third-order valence-electron chi connectivity index (χ3n) is 1.09. The third kappa shape index (κ3) is 1.61. The number of rotatable bonds is 2. The van der Waals surface area contributed by atoms with Crippen LogP contribution >= 0.6 is 11.8 Å². The summed E-state index contributed by atoms with van der Waals surface area (Å²) in [6.07, 6.45) is 0. The molecule has 1 aliphatic heterocycles. The smallest absolute Gasteiger partial charge is 0.0880 e. The van der Waals surface area contributed by atoms with E-state index in [-0.39, 0.29) is 0 Å². The lowest BCUT2D eigenvalue weighted by atomic mass is 10.5. The zero-order valence-corrected chi connectivity index (χ0v) is 6.15. The minimum Gasteiger partial charge on any atom is -0.378 e. The van der Waals surface area contributed by atoms with Gasteiger partial charge in [0.15, 0.2) is 0 Å². The minimum absolute atomic E-state index is 0.615. The molecule has 0 aromatic heterocycles. The van der Waals surface area contributed by atoms with Gasteiger partial charge in [0, 0.05) is 7.11 Å². The Morgan fingerprint density at radius 1 is 2.00 bits per heavy atom. The Hall–Kier alpha value is -0.190. The van der Waals surface area contributed by atoms with Crippen LogP contribution in [0.25, 0.3) is 0 Å². The molecule has 9 heavy (non-hydrogen) atoms. The molecule has 0 aromatic rings. The lowest BCUT2D eigenvalue weighted by Crippen LogP contribution is -2.28. The summed E-state index contributed by atoms with van der Waals surface area (Å²) in [5.74, 6) is 6.38. The van der Waals surface area contributed by atoms with Crippen molar-refractivity contribution in [2.24, 2.45) is 5.84 Å². The zero-order valence-electron chi connectivity index (χ0n) is 5.33. The van der Waals surface area contributed by atoms with E-state index in [4.69, 9.17) is 10.6 Å². The predicted octanol–water partition coefficient (Wildman–Crippen LogP) is 0.354. The summed E-state index contributed by atoms with van der Waals surface area (Å²) >= 11 is 1.69. The summed E-state index contributed by atoms with van der Waals surface area (Å²) in [5.41, 5.74) is 1.06. The fourth-order valence-corrected chi connectivity index (χ4v) is 1.43. The second-order valence-electron chi connectivity index (χ2n) is 1.81. The highest BCUT2D eigenvalue weighted by atomic mass is 32.2. The van der Waals surface area contributed by atoms with Gasteiger partial charge in [-0.05, 0) is 5.41 Å². The van der Waals surface area contributed by atoms with Crippen molar-refractivity contribution >= 4 is 11.8 Å². The SMILES string of the molecule is COCC1=CSCN1N. The molecule has 0 spiro atoms. The van der Waals surface area contributed by atoms with E-state index in [9.17, 15) is 0 Å². The van der Waals surface area contributed by atoms with Gasteiger partial charge in [0.1, 0.15) is 0 Å². The first-order chi connectivity index (χ1) is 4.34. The summed E-state index contributed by atoms with van der Waals surface area (Å²) in [4.78, 5) is 0. The maximum Gasteiger partial charge on any atom is 0.0880 e. The Kier molecular flexibility index (Phi) is 2.38. The number of hydrazine groups is 1. The molecule has 0 amide bonds. The van der Waals surface area contributed by atoms with E-state index in [2.05, 4.69) is 0 Å².